The zero-order valence-electron chi connectivity index (χ0n) is 14.3. The first-order valence-electron chi connectivity index (χ1n) is 8.17. The Labute approximate surface area is 152 Å². The molecule has 0 aliphatic rings. The van der Waals surface area contributed by atoms with Gasteiger partial charge in [-0.3, -0.25) is 9.78 Å². The maximum absolute atomic E-state index is 12.5. The Hall–Kier alpha value is -3.49. The summed E-state index contributed by atoms with van der Waals surface area (Å²) in [6.07, 6.45) is 4.94. The molecule has 1 amide bonds. The van der Waals surface area contributed by atoms with Crippen molar-refractivity contribution in [3.8, 4) is 11.8 Å². The molecule has 0 saturated heterocycles. The Morgan fingerprint density at radius 1 is 1.08 bits per heavy atom. The molecule has 1 atom stereocenters. The van der Waals surface area contributed by atoms with E-state index in [1.54, 1.807) is 42.9 Å². The highest BCUT2D eigenvalue weighted by molar-refractivity contribution is 6.04. The highest BCUT2D eigenvalue weighted by Crippen LogP contribution is 2.18. The second-order valence-corrected chi connectivity index (χ2v) is 5.75. The van der Waals surface area contributed by atoms with E-state index in [2.05, 4.69) is 27.1 Å². The highest BCUT2D eigenvalue weighted by atomic mass is 16.1. The van der Waals surface area contributed by atoms with E-state index in [1.165, 1.54) is 0 Å². The Morgan fingerprint density at radius 2 is 1.88 bits per heavy atom. The van der Waals surface area contributed by atoms with E-state index < -0.39 is 0 Å². The van der Waals surface area contributed by atoms with Gasteiger partial charge in [0.2, 0.25) is 0 Å². The molecular formula is C21H18N4O. The van der Waals surface area contributed by atoms with Gasteiger partial charge in [0.25, 0.3) is 5.91 Å². The van der Waals surface area contributed by atoms with E-state index in [9.17, 15) is 4.79 Å². The van der Waals surface area contributed by atoms with Crippen LogP contribution in [-0.2, 0) is 0 Å². The monoisotopic (exact) mass is 342 g/mol. The molecule has 1 unspecified atom stereocenters. The van der Waals surface area contributed by atoms with E-state index in [-0.39, 0.29) is 11.9 Å². The first-order chi connectivity index (χ1) is 12.6. The molecule has 2 aromatic heterocycles. The van der Waals surface area contributed by atoms with Crippen LogP contribution in [0.1, 0.15) is 40.1 Å². The van der Waals surface area contributed by atoms with Gasteiger partial charge in [-0.2, -0.15) is 0 Å². The van der Waals surface area contributed by atoms with Crippen molar-refractivity contribution >= 4 is 11.6 Å². The fourth-order valence-electron chi connectivity index (χ4n) is 2.41. The van der Waals surface area contributed by atoms with Gasteiger partial charge in [-0.15, -0.1) is 0 Å². The third kappa shape index (κ3) is 4.32. The van der Waals surface area contributed by atoms with Crippen molar-refractivity contribution in [2.75, 3.05) is 5.32 Å². The first-order valence-corrected chi connectivity index (χ1v) is 8.17. The number of carbonyl (C=O) groups excluding carboxylic acids is 1. The lowest BCUT2D eigenvalue weighted by Crippen LogP contribution is -2.14. The van der Waals surface area contributed by atoms with Gasteiger partial charge in [-0.05, 0) is 54.8 Å². The van der Waals surface area contributed by atoms with Crippen molar-refractivity contribution in [1.29, 1.82) is 0 Å². The topological polar surface area (TPSA) is 80.9 Å². The Bertz CT molecular complexity index is 958. The number of hydrogen-bond donors (Lipinski definition) is 2. The predicted octanol–water partition coefficient (Wildman–Crippen LogP) is 3.15. The zero-order chi connectivity index (χ0) is 18.4. The van der Waals surface area contributed by atoms with Crippen LogP contribution in [0.5, 0.6) is 0 Å². The number of pyridine rings is 2. The van der Waals surface area contributed by atoms with Gasteiger partial charge in [0.1, 0.15) is 5.69 Å². The highest BCUT2D eigenvalue weighted by Gasteiger charge is 2.11. The summed E-state index contributed by atoms with van der Waals surface area (Å²) >= 11 is 0. The average molecular weight is 342 g/mol. The third-order valence-electron chi connectivity index (χ3n) is 3.73. The lowest BCUT2D eigenvalue weighted by atomic mass is 9.99. The molecule has 5 nitrogen and oxygen atoms in total. The number of carbonyl (C=O) groups is 1. The van der Waals surface area contributed by atoms with Crippen LogP contribution in [0.4, 0.5) is 5.69 Å². The largest absolute Gasteiger partial charge is 0.324 e. The molecule has 128 valence electrons. The number of rotatable bonds is 3. The molecule has 3 aromatic rings. The smallest absolute Gasteiger partial charge is 0.255 e. The average Bonchev–Trinajstić information content (AvgIpc) is 2.67. The summed E-state index contributed by atoms with van der Waals surface area (Å²) in [7, 11) is 0. The van der Waals surface area contributed by atoms with Gasteiger partial charge in [-0.25, -0.2) is 4.98 Å². The number of benzene rings is 1. The molecule has 3 N–H and O–H groups in total. The summed E-state index contributed by atoms with van der Waals surface area (Å²) in [5.74, 6) is 5.89. The Balaban J connectivity index is 1.91. The minimum absolute atomic E-state index is 0.194. The van der Waals surface area contributed by atoms with E-state index in [0.717, 1.165) is 5.56 Å². The van der Waals surface area contributed by atoms with E-state index in [4.69, 9.17) is 5.73 Å². The van der Waals surface area contributed by atoms with Gasteiger partial charge >= 0.3 is 0 Å². The number of nitrogens with zero attached hydrogens (tertiary/aromatic N) is 2. The van der Waals surface area contributed by atoms with Crippen molar-refractivity contribution in [3.05, 3.63) is 89.5 Å². The van der Waals surface area contributed by atoms with Crippen molar-refractivity contribution in [2.45, 2.75) is 13.0 Å². The molecule has 3 rings (SSSR count). The molecular weight excluding hydrogens is 324 g/mol. The van der Waals surface area contributed by atoms with Gasteiger partial charge < -0.3 is 11.1 Å². The predicted molar refractivity (Wildman–Crippen MR) is 101 cm³/mol. The van der Waals surface area contributed by atoms with E-state index in [0.29, 0.717) is 22.5 Å². The standard InChI is InChI=1S/C21H18N4O/c1-15(22)20-8-6-17(21(26)25-19-9-12-23-13-10-19)14-16(20)5-7-18-4-2-3-11-24-18/h2-4,6,8-15H,22H2,1H3,(H,23,25,26). The number of anilines is 1. The maximum atomic E-state index is 12.5. The number of aromatic nitrogens is 2. The summed E-state index contributed by atoms with van der Waals surface area (Å²) in [5.41, 5.74) is 9.50. The summed E-state index contributed by atoms with van der Waals surface area (Å²) in [5, 5.41) is 2.84. The third-order valence-corrected chi connectivity index (χ3v) is 3.73. The molecule has 5 heteroatoms. The molecule has 0 aliphatic heterocycles. The van der Waals surface area contributed by atoms with E-state index >= 15 is 0 Å². The SMILES string of the molecule is CC(N)c1ccc(C(=O)Nc2ccncc2)cc1C#Cc1ccccn1. The fourth-order valence-corrected chi connectivity index (χ4v) is 2.41. The fraction of sp³-hybridized carbons (Fsp3) is 0.0952. The molecule has 0 spiro atoms. The number of nitrogens with two attached hydrogens (primary N) is 1. The summed E-state index contributed by atoms with van der Waals surface area (Å²) < 4.78 is 0. The molecule has 0 bridgehead atoms. The second-order valence-electron chi connectivity index (χ2n) is 5.75. The van der Waals surface area contributed by atoms with Crippen LogP contribution in [0.2, 0.25) is 0 Å². The minimum atomic E-state index is -0.215. The second kappa shape index (κ2) is 8.06. The summed E-state index contributed by atoms with van der Waals surface area (Å²) in [6, 6.07) is 14.2. The molecule has 0 saturated carbocycles. The minimum Gasteiger partial charge on any atom is -0.324 e. The molecule has 26 heavy (non-hydrogen) atoms. The van der Waals surface area contributed by atoms with Crippen LogP contribution >= 0.6 is 0 Å². The van der Waals surface area contributed by atoms with Gasteiger partial charge in [0.15, 0.2) is 0 Å². The van der Waals surface area contributed by atoms with Gasteiger partial charge in [0, 0.05) is 41.4 Å². The molecule has 0 radical (unpaired) electrons. The van der Waals surface area contributed by atoms with Crippen LogP contribution in [0.3, 0.4) is 0 Å². The van der Waals surface area contributed by atoms with Crippen LogP contribution in [0.15, 0.2) is 67.1 Å². The Kier molecular flexibility index (Phi) is 5.37. The molecule has 0 aliphatic carbocycles. The molecule has 1 aromatic carbocycles. The molecule has 0 fully saturated rings. The van der Waals surface area contributed by atoms with Gasteiger partial charge in [0.05, 0.1) is 0 Å². The van der Waals surface area contributed by atoms with Crippen LogP contribution in [0.25, 0.3) is 0 Å². The number of nitrogens with one attached hydrogen (secondary N) is 1. The maximum Gasteiger partial charge on any atom is 0.255 e. The van der Waals surface area contributed by atoms with Crippen molar-refractivity contribution in [1.82, 2.24) is 9.97 Å². The van der Waals surface area contributed by atoms with Crippen molar-refractivity contribution < 1.29 is 4.79 Å². The normalized spacial score (nSPS) is 11.2. The van der Waals surface area contributed by atoms with Crippen molar-refractivity contribution in [3.63, 3.8) is 0 Å². The number of amides is 1. The van der Waals surface area contributed by atoms with E-state index in [1.807, 2.05) is 31.2 Å². The lowest BCUT2D eigenvalue weighted by molar-refractivity contribution is 0.102. The summed E-state index contributed by atoms with van der Waals surface area (Å²) in [4.78, 5) is 20.6. The zero-order valence-corrected chi connectivity index (χ0v) is 14.3. The first kappa shape index (κ1) is 17.3. The molecule has 2 heterocycles. The lowest BCUT2D eigenvalue weighted by Gasteiger charge is -2.11. The quantitative estimate of drug-likeness (QED) is 0.717. The van der Waals surface area contributed by atoms with Crippen molar-refractivity contribution in [2.24, 2.45) is 5.73 Å². The van der Waals surface area contributed by atoms with Crippen LogP contribution < -0.4 is 11.1 Å². The van der Waals surface area contributed by atoms with Crippen LogP contribution in [-0.4, -0.2) is 15.9 Å². The Morgan fingerprint density at radius 3 is 2.58 bits per heavy atom. The summed E-state index contributed by atoms with van der Waals surface area (Å²) in [6.45, 7) is 1.89. The van der Waals surface area contributed by atoms with Gasteiger partial charge in [-0.1, -0.05) is 18.1 Å². The number of hydrogen-bond acceptors (Lipinski definition) is 4. The van der Waals surface area contributed by atoms with Crippen LogP contribution in [0, 0.1) is 11.8 Å².